The summed E-state index contributed by atoms with van der Waals surface area (Å²) in [6.07, 6.45) is 1.77. The number of nitrogens with zero attached hydrogens (tertiary/aromatic N) is 3. The van der Waals surface area contributed by atoms with E-state index in [1.165, 1.54) is 35.1 Å². The highest BCUT2D eigenvalue weighted by atomic mass is 127. The average molecular weight is 940 g/mol. The zero-order valence-electron chi connectivity index (χ0n) is 27.8. The smallest absolute Gasteiger partial charge is 0.343 e. The van der Waals surface area contributed by atoms with Crippen molar-refractivity contribution in [3.63, 3.8) is 0 Å². The van der Waals surface area contributed by atoms with Gasteiger partial charge in [-0.2, -0.15) is 0 Å². The van der Waals surface area contributed by atoms with Crippen LogP contribution in [0.2, 0.25) is 0 Å². The highest BCUT2D eigenvalue weighted by molar-refractivity contribution is 14.1. The summed E-state index contributed by atoms with van der Waals surface area (Å²) in [5, 5.41) is 11.0. The molecule has 5 rings (SSSR count). The van der Waals surface area contributed by atoms with Crippen LogP contribution < -0.4 is 29.1 Å². The Morgan fingerprint density at radius 2 is 1.71 bits per heavy atom. The van der Waals surface area contributed by atoms with Gasteiger partial charge in [0.25, 0.3) is 11.2 Å². The molecule has 4 aromatic rings. The van der Waals surface area contributed by atoms with E-state index in [0.717, 1.165) is 18.3 Å². The van der Waals surface area contributed by atoms with Crippen molar-refractivity contribution >= 4 is 80.2 Å². The Labute approximate surface area is 323 Å². The van der Waals surface area contributed by atoms with Crippen LogP contribution in [0.5, 0.6) is 17.2 Å². The van der Waals surface area contributed by atoms with Crippen molar-refractivity contribution in [2.75, 3.05) is 26.9 Å². The van der Waals surface area contributed by atoms with Crippen LogP contribution in [-0.4, -0.2) is 48.4 Å². The third-order valence-electron chi connectivity index (χ3n) is 7.52. The summed E-state index contributed by atoms with van der Waals surface area (Å²) in [5.74, 6) is 0.0908. The molecule has 0 amide bonds. The van der Waals surface area contributed by atoms with E-state index in [1.54, 1.807) is 57.2 Å². The van der Waals surface area contributed by atoms with Gasteiger partial charge in [0.2, 0.25) is 0 Å². The van der Waals surface area contributed by atoms with Gasteiger partial charge in [0, 0.05) is 12.1 Å². The van der Waals surface area contributed by atoms with Crippen molar-refractivity contribution < 1.29 is 38.2 Å². The summed E-state index contributed by atoms with van der Waals surface area (Å²) < 4.78 is 31.1. The summed E-state index contributed by atoms with van der Waals surface area (Å²) in [6, 6.07) is 14.1. The molecule has 13 nitrogen and oxygen atoms in total. The van der Waals surface area contributed by atoms with Crippen LogP contribution in [0, 0.1) is 17.3 Å². The van der Waals surface area contributed by atoms with Crippen LogP contribution in [0.15, 0.2) is 75.7 Å². The van der Waals surface area contributed by atoms with Gasteiger partial charge >= 0.3 is 11.9 Å². The number of non-ortho nitro benzene ring substituents is 1. The molecule has 51 heavy (non-hydrogen) atoms. The second-order valence-corrected chi connectivity index (χ2v) is 14.2. The SMILES string of the molecule is CCOC(=O)C1=C(C)N=c2s/c(=C\c3cc(I)c(OCc4ccc([N+](=O)[O-])cc4)c(I)c3)c(=O)n2[C@@H]1c1ccc(OCC(=O)OC)c(OCC)c1. The number of methoxy groups -OCH3 is 1. The molecule has 0 radical (unpaired) electrons. The molecule has 0 aliphatic carbocycles. The number of esters is 2. The molecule has 1 atom stereocenters. The van der Waals surface area contributed by atoms with Crippen molar-refractivity contribution in [2.24, 2.45) is 4.99 Å². The Morgan fingerprint density at radius 1 is 1.00 bits per heavy atom. The third-order valence-corrected chi connectivity index (χ3v) is 10.1. The summed E-state index contributed by atoms with van der Waals surface area (Å²) in [7, 11) is 1.26. The topological polar surface area (TPSA) is 158 Å². The van der Waals surface area contributed by atoms with E-state index in [-0.39, 0.29) is 36.6 Å². The maximum Gasteiger partial charge on any atom is 0.343 e. The quantitative estimate of drug-likeness (QED) is 0.0732. The molecule has 16 heteroatoms. The van der Waals surface area contributed by atoms with Crippen LogP contribution in [0.1, 0.15) is 43.5 Å². The standard InChI is InChI=1S/C35H31I2N3O10S/c1-5-47-27-16-22(9-12-26(27)49-18-29(41)46-4)31-30(34(43)48-6-2)19(3)38-35-39(31)33(42)28(51-35)15-21-13-24(36)32(25(37)14-21)50-17-20-7-10-23(11-8-20)40(44)45/h7-16,31H,5-6,17-18H2,1-4H3/b28-15-/t31-/m1/s1. The number of benzene rings is 3. The number of carbonyl (C=O) groups is 2. The van der Waals surface area contributed by atoms with Crippen molar-refractivity contribution in [1.82, 2.24) is 4.57 Å². The number of rotatable bonds is 13. The first-order valence-corrected chi connectivity index (χ1v) is 18.4. The van der Waals surface area contributed by atoms with Gasteiger partial charge in [-0.1, -0.05) is 17.4 Å². The average Bonchev–Trinajstić information content (AvgIpc) is 3.40. The normalized spacial score (nSPS) is 14.0. The molecule has 3 aromatic carbocycles. The molecule has 2 heterocycles. The minimum Gasteiger partial charge on any atom is -0.490 e. The zero-order valence-corrected chi connectivity index (χ0v) is 32.9. The van der Waals surface area contributed by atoms with Gasteiger partial charge in [0.05, 0.1) is 54.2 Å². The Balaban J connectivity index is 1.54. The van der Waals surface area contributed by atoms with Crippen LogP contribution in [-0.2, 0) is 25.7 Å². The Morgan fingerprint density at radius 3 is 2.33 bits per heavy atom. The second-order valence-electron chi connectivity index (χ2n) is 10.8. The molecule has 0 saturated heterocycles. The minimum absolute atomic E-state index is 0.00590. The molecule has 266 valence electrons. The van der Waals surface area contributed by atoms with Gasteiger partial charge in [0.1, 0.15) is 12.4 Å². The van der Waals surface area contributed by atoms with Crippen LogP contribution in [0.4, 0.5) is 5.69 Å². The first-order chi connectivity index (χ1) is 24.4. The molecular formula is C35H31I2N3O10S. The highest BCUT2D eigenvalue weighted by Crippen LogP contribution is 2.37. The maximum absolute atomic E-state index is 14.2. The van der Waals surface area contributed by atoms with Gasteiger partial charge in [-0.3, -0.25) is 19.5 Å². The van der Waals surface area contributed by atoms with Gasteiger partial charge in [-0.25, -0.2) is 14.6 Å². The number of hydrogen-bond acceptors (Lipinski definition) is 12. The Hall–Kier alpha value is -4.30. The Bertz CT molecular complexity index is 2190. The fraction of sp³-hybridized carbons (Fsp3) is 0.257. The van der Waals surface area contributed by atoms with Gasteiger partial charge in [0.15, 0.2) is 22.9 Å². The number of nitro groups is 1. The molecular weight excluding hydrogens is 908 g/mol. The first kappa shape index (κ1) is 37.9. The van der Waals surface area contributed by atoms with Crippen molar-refractivity contribution in [1.29, 1.82) is 0 Å². The van der Waals surface area contributed by atoms with Crippen molar-refractivity contribution in [3.05, 3.63) is 120 Å². The molecule has 0 N–H and O–H groups in total. The molecule has 1 aliphatic heterocycles. The summed E-state index contributed by atoms with van der Waals surface area (Å²) >= 11 is 5.53. The number of ether oxygens (including phenoxy) is 5. The second kappa shape index (κ2) is 16.8. The van der Waals surface area contributed by atoms with E-state index in [1.807, 2.05) is 12.1 Å². The lowest BCUT2D eigenvalue weighted by molar-refractivity contribution is -0.384. The lowest BCUT2D eigenvalue weighted by Gasteiger charge is -2.25. The molecule has 1 aromatic heterocycles. The number of allylic oxidation sites excluding steroid dienone is 1. The van der Waals surface area contributed by atoms with Crippen LogP contribution >= 0.6 is 56.5 Å². The number of nitro benzene ring substituents is 1. The Kier molecular flexibility index (Phi) is 12.5. The fourth-order valence-corrected chi connectivity index (χ4v) is 8.38. The molecule has 0 saturated carbocycles. The molecule has 0 bridgehead atoms. The molecule has 0 unspecified atom stereocenters. The van der Waals surface area contributed by atoms with Crippen LogP contribution in [0.3, 0.4) is 0 Å². The molecule has 0 fully saturated rings. The summed E-state index contributed by atoms with van der Waals surface area (Å²) in [4.78, 5) is 54.9. The molecule has 0 spiro atoms. The van der Waals surface area contributed by atoms with E-state index < -0.39 is 22.9 Å². The number of carbonyl (C=O) groups excluding carboxylic acids is 2. The predicted octanol–water partition coefficient (Wildman–Crippen LogP) is 5.45. The largest absolute Gasteiger partial charge is 0.490 e. The predicted molar refractivity (Wildman–Crippen MR) is 205 cm³/mol. The van der Waals surface area contributed by atoms with Gasteiger partial charge in [-0.15, -0.1) is 0 Å². The maximum atomic E-state index is 14.2. The number of hydrogen-bond donors (Lipinski definition) is 0. The number of thiazole rings is 1. The number of aromatic nitrogens is 1. The van der Waals surface area contributed by atoms with E-state index in [4.69, 9.17) is 18.9 Å². The lowest BCUT2D eigenvalue weighted by atomic mass is 9.95. The number of halogens is 2. The summed E-state index contributed by atoms with van der Waals surface area (Å²) in [5.41, 5.74) is 2.35. The molecule has 1 aliphatic rings. The van der Waals surface area contributed by atoms with E-state index in [0.29, 0.717) is 44.4 Å². The fourth-order valence-electron chi connectivity index (χ4n) is 5.21. The van der Waals surface area contributed by atoms with Crippen molar-refractivity contribution in [3.8, 4) is 17.2 Å². The van der Waals surface area contributed by atoms with Crippen LogP contribution in [0.25, 0.3) is 6.08 Å². The van der Waals surface area contributed by atoms with E-state index in [9.17, 15) is 24.5 Å². The van der Waals surface area contributed by atoms with Crippen molar-refractivity contribution in [2.45, 2.75) is 33.4 Å². The van der Waals surface area contributed by atoms with E-state index in [2.05, 4.69) is 54.9 Å². The first-order valence-electron chi connectivity index (χ1n) is 15.5. The minimum atomic E-state index is -0.896. The number of fused-ring (bicyclic) bond motifs is 1. The highest BCUT2D eigenvalue weighted by Gasteiger charge is 2.34. The zero-order chi connectivity index (χ0) is 36.8. The summed E-state index contributed by atoms with van der Waals surface area (Å²) in [6.45, 7) is 5.51. The lowest BCUT2D eigenvalue weighted by Crippen LogP contribution is -2.40. The van der Waals surface area contributed by atoms with Gasteiger partial charge < -0.3 is 23.7 Å². The van der Waals surface area contributed by atoms with E-state index >= 15 is 0 Å². The monoisotopic (exact) mass is 939 g/mol. The van der Waals surface area contributed by atoms with Gasteiger partial charge in [-0.05, 0) is 125 Å². The third kappa shape index (κ3) is 8.61.